The summed E-state index contributed by atoms with van der Waals surface area (Å²) in [5, 5.41) is 3.47. The Kier molecular flexibility index (Phi) is 5.27. The second kappa shape index (κ2) is 7.87. The van der Waals surface area contributed by atoms with Gasteiger partial charge < -0.3 is 14.8 Å². The van der Waals surface area contributed by atoms with Crippen molar-refractivity contribution >= 4 is 33.1 Å². The van der Waals surface area contributed by atoms with Crippen LogP contribution in [0.15, 0.2) is 29.3 Å². The van der Waals surface area contributed by atoms with E-state index in [-0.39, 0.29) is 18.0 Å². The van der Waals surface area contributed by atoms with E-state index >= 15 is 0 Å². The number of hydrogen-bond donors (Lipinski definition) is 1. The molecule has 0 saturated carbocycles. The molecule has 2 heterocycles. The van der Waals surface area contributed by atoms with Crippen molar-refractivity contribution in [2.75, 3.05) is 19.5 Å². The molecule has 1 amide bonds. The monoisotopic (exact) mass is 413 g/mol. The van der Waals surface area contributed by atoms with Crippen LogP contribution in [-0.2, 0) is 24.2 Å². The van der Waals surface area contributed by atoms with Gasteiger partial charge in [0.25, 0.3) is 5.56 Å². The molecule has 2 aromatic heterocycles. The molecule has 1 aliphatic carbocycles. The maximum absolute atomic E-state index is 13.0. The van der Waals surface area contributed by atoms with Crippen molar-refractivity contribution in [1.82, 2.24) is 9.55 Å². The molecule has 1 aliphatic rings. The predicted octanol–water partition coefficient (Wildman–Crippen LogP) is 3.24. The number of benzene rings is 1. The number of nitrogens with zero attached hydrogens (tertiary/aromatic N) is 2. The lowest BCUT2D eigenvalue weighted by molar-refractivity contribution is -0.116. The van der Waals surface area contributed by atoms with Gasteiger partial charge in [-0.25, -0.2) is 4.98 Å². The summed E-state index contributed by atoms with van der Waals surface area (Å²) in [7, 11) is 3.08. The zero-order valence-corrected chi connectivity index (χ0v) is 17.5. The molecule has 8 heteroatoms. The van der Waals surface area contributed by atoms with Gasteiger partial charge in [0.2, 0.25) is 5.91 Å². The largest absolute Gasteiger partial charge is 0.497 e. The molecule has 0 radical (unpaired) electrons. The van der Waals surface area contributed by atoms with E-state index in [2.05, 4.69) is 17.2 Å². The van der Waals surface area contributed by atoms with E-state index < -0.39 is 0 Å². The minimum atomic E-state index is -0.325. The smallest absolute Gasteiger partial charge is 0.262 e. The average Bonchev–Trinajstić information content (AvgIpc) is 3.08. The molecule has 0 bridgehead atoms. The number of rotatable bonds is 5. The van der Waals surface area contributed by atoms with E-state index in [1.807, 2.05) is 0 Å². The quantitative estimate of drug-likeness (QED) is 0.694. The summed E-state index contributed by atoms with van der Waals surface area (Å²) >= 11 is 1.60. The fourth-order valence-electron chi connectivity index (χ4n) is 3.72. The van der Waals surface area contributed by atoms with E-state index in [9.17, 15) is 9.59 Å². The number of nitrogens with one attached hydrogen (secondary N) is 1. The number of amides is 1. The first-order valence-corrected chi connectivity index (χ1v) is 10.3. The zero-order chi connectivity index (χ0) is 20.5. The Morgan fingerprint density at radius 1 is 1.34 bits per heavy atom. The Balaban J connectivity index is 1.59. The van der Waals surface area contributed by atoms with Gasteiger partial charge in [0.1, 0.15) is 22.9 Å². The van der Waals surface area contributed by atoms with Gasteiger partial charge in [0.05, 0.1) is 31.6 Å². The Morgan fingerprint density at radius 2 is 2.17 bits per heavy atom. The highest BCUT2D eigenvalue weighted by atomic mass is 32.1. The van der Waals surface area contributed by atoms with Crippen LogP contribution in [0.1, 0.15) is 23.8 Å². The van der Waals surface area contributed by atoms with Crippen molar-refractivity contribution in [3.05, 3.63) is 45.3 Å². The molecule has 152 valence electrons. The maximum atomic E-state index is 13.0. The summed E-state index contributed by atoms with van der Waals surface area (Å²) in [6.07, 6.45) is 4.42. The maximum Gasteiger partial charge on any atom is 0.262 e. The standard InChI is InChI=1S/C21H23N3O4S/c1-12-4-6-14-17(8-12)29-20-19(14)21(26)24(11-22-20)10-18(25)23-15-7-5-13(27-2)9-16(15)28-3/h5,7,9,11-12H,4,6,8,10H2,1-3H3,(H,23,25)/t12-/m0/s1. The van der Waals surface area contributed by atoms with Gasteiger partial charge in [0, 0.05) is 10.9 Å². The number of aryl methyl sites for hydroxylation is 1. The Labute approximate surface area is 172 Å². The molecule has 3 aromatic rings. The van der Waals surface area contributed by atoms with Gasteiger partial charge in [-0.15, -0.1) is 11.3 Å². The van der Waals surface area contributed by atoms with Gasteiger partial charge in [-0.2, -0.15) is 0 Å². The first-order chi connectivity index (χ1) is 14.0. The number of methoxy groups -OCH3 is 2. The van der Waals surface area contributed by atoms with E-state index in [4.69, 9.17) is 9.47 Å². The predicted molar refractivity (Wildman–Crippen MR) is 113 cm³/mol. The Hall–Kier alpha value is -2.87. The van der Waals surface area contributed by atoms with E-state index in [0.29, 0.717) is 28.5 Å². The highest BCUT2D eigenvalue weighted by Crippen LogP contribution is 2.35. The molecule has 0 spiro atoms. The van der Waals surface area contributed by atoms with Crippen molar-refractivity contribution < 1.29 is 14.3 Å². The van der Waals surface area contributed by atoms with Crippen LogP contribution in [0.25, 0.3) is 10.2 Å². The summed E-state index contributed by atoms with van der Waals surface area (Å²) in [6, 6.07) is 5.13. The molecule has 0 fully saturated rings. The third kappa shape index (κ3) is 3.72. The summed E-state index contributed by atoms with van der Waals surface area (Å²) < 4.78 is 11.8. The SMILES string of the molecule is COc1ccc(NC(=O)Cn2cnc3sc4c(c3c2=O)CC[C@H](C)C4)c(OC)c1. The molecule has 4 rings (SSSR count). The van der Waals surface area contributed by atoms with Crippen LogP contribution in [0.2, 0.25) is 0 Å². The van der Waals surface area contributed by atoms with E-state index in [0.717, 1.165) is 29.7 Å². The number of anilines is 1. The van der Waals surface area contributed by atoms with Crippen LogP contribution in [0.4, 0.5) is 5.69 Å². The Bertz CT molecular complexity index is 1130. The fraction of sp³-hybridized carbons (Fsp3) is 0.381. The highest BCUT2D eigenvalue weighted by Gasteiger charge is 2.23. The van der Waals surface area contributed by atoms with Crippen LogP contribution in [-0.4, -0.2) is 29.7 Å². The molecule has 29 heavy (non-hydrogen) atoms. The Morgan fingerprint density at radius 3 is 2.93 bits per heavy atom. The lowest BCUT2D eigenvalue weighted by Gasteiger charge is -2.17. The molecule has 1 atom stereocenters. The van der Waals surface area contributed by atoms with Gasteiger partial charge in [0.15, 0.2) is 0 Å². The molecule has 0 unspecified atom stereocenters. The lowest BCUT2D eigenvalue weighted by atomic mass is 9.89. The minimum Gasteiger partial charge on any atom is -0.497 e. The third-order valence-electron chi connectivity index (χ3n) is 5.28. The second-order valence-corrected chi connectivity index (χ2v) is 8.41. The van der Waals surface area contributed by atoms with E-state index in [1.165, 1.54) is 22.9 Å². The van der Waals surface area contributed by atoms with Crippen LogP contribution < -0.4 is 20.3 Å². The number of hydrogen-bond acceptors (Lipinski definition) is 6. The summed E-state index contributed by atoms with van der Waals surface area (Å²) in [5.41, 5.74) is 1.48. The number of ether oxygens (including phenoxy) is 2. The van der Waals surface area contributed by atoms with Crippen molar-refractivity contribution in [3.63, 3.8) is 0 Å². The molecule has 1 N–H and O–H groups in total. The number of thiophene rings is 1. The average molecular weight is 413 g/mol. The summed E-state index contributed by atoms with van der Waals surface area (Å²) in [6.45, 7) is 2.12. The zero-order valence-electron chi connectivity index (χ0n) is 16.7. The van der Waals surface area contributed by atoms with Gasteiger partial charge in [-0.1, -0.05) is 6.92 Å². The van der Waals surface area contributed by atoms with Gasteiger partial charge in [-0.3, -0.25) is 14.2 Å². The topological polar surface area (TPSA) is 82.5 Å². The molecule has 0 saturated heterocycles. The normalized spacial score (nSPS) is 15.8. The van der Waals surface area contributed by atoms with Gasteiger partial charge in [-0.05, 0) is 42.9 Å². The van der Waals surface area contributed by atoms with Crippen LogP contribution in [0.5, 0.6) is 11.5 Å². The first kappa shape index (κ1) is 19.4. The molecular weight excluding hydrogens is 390 g/mol. The van der Waals surface area contributed by atoms with Crippen molar-refractivity contribution in [2.24, 2.45) is 5.92 Å². The number of aromatic nitrogens is 2. The molecule has 0 aliphatic heterocycles. The van der Waals surface area contributed by atoms with Crippen molar-refractivity contribution in [1.29, 1.82) is 0 Å². The first-order valence-electron chi connectivity index (χ1n) is 9.51. The fourth-order valence-corrected chi connectivity index (χ4v) is 5.07. The molecule has 7 nitrogen and oxygen atoms in total. The molecule has 1 aromatic carbocycles. The van der Waals surface area contributed by atoms with Crippen molar-refractivity contribution in [2.45, 2.75) is 32.7 Å². The van der Waals surface area contributed by atoms with Crippen LogP contribution in [0, 0.1) is 5.92 Å². The molecular formula is C21H23N3O4S. The second-order valence-electron chi connectivity index (χ2n) is 7.32. The lowest BCUT2D eigenvalue weighted by Crippen LogP contribution is -2.28. The highest BCUT2D eigenvalue weighted by molar-refractivity contribution is 7.18. The number of carbonyl (C=O) groups excluding carboxylic acids is 1. The minimum absolute atomic E-state index is 0.113. The summed E-state index contributed by atoms with van der Waals surface area (Å²) in [4.78, 5) is 32.1. The summed E-state index contributed by atoms with van der Waals surface area (Å²) in [5.74, 6) is 1.42. The number of carbonyl (C=O) groups is 1. The van der Waals surface area contributed by atoms with Crippen LogP contribution >= 0.6 is 11.3 Å². The van der Waals surface area contributed by atoms with E-state index in [1.54, 1.807) is 36.6 Å². The van der Waals surface area contributed by atoms with Crippen molar-refractivity contribution in [3.8, 4) is 11.5 Å². The van der Waals surface area contributed by atoms with Crippen LogP contribution in [0.3, 0.4) is 0 Å². The third-order valence-corrected chi connectivity index (χ3v) is 6.44. The number of fused-ring (bicyclic) bond motifs is 3. The van der Waals surface area contributed by atoms with Gasteiger partial charge >= 0.3 is 0 Å².